The summed E-state index contributed by atoms with van der Waals surface area (Å²) in [5.41, 5.74) is 1.85. The largest absolute Gasteiger partial charge is 0.462 e. The molecule has 1 saturated carbocycles. The molecule has 5 rings (SSSR count). The molecule has 2 aliphatic heterocycles. The first-order valence-corrected chi connectivity index (χ1v) is 13.9. The number of aliphatic hydroxyl groups excluding tert-OH is 4. The molecule has 0 spiro atoms. The number of ether oxygens (including phenoxy) is 4. The molecule has 12 nitrogen and oxygen atoms in total. The molecule has 0 bridgehead atoms. The summed E-state index contributed by atoms with van der Waals surface area (Å²) in [5, 5.41) is 48.3. The van der Waals surface area contributed by atoms with E-state index in [2.05, 4.69) is 10.5 Å². The van der Waals surface area contributed by atoms with Gasteiger partial charge in [0.1, 0.15) is 50.0 Å². The number of carbonyl (C=O) groups excluding carboxylic acids is 1. The van der Waals surface area contributed by atoms with E-state index in [0.29, 0.717) is 11.3 Å². The highest BCUT2D eigenvalue weighted by molar-refractivity contribution is 5.97. The molecule has 13 heteroatoms. The summed E-state index contributed by atoms with van der Waals surface area (Å²) < 4.78 is 36.8. The third-order valence-electron chi connectivity index (χ3n) is 7.63. The molecule has 2 heterocycles. The van der Waals surface area contributed by atoms with Crippen molar-refractivity contribution in [3.63, 3.8) is 0 Å². The average Bonchev–Trinajstić information content (AvgIpc) is 3.63. The molecule has 2 aromatic carbocycles. The van der Waals surface area contributed by atoms with Crippen LogP contribution in [-0.4, -0.2) is 93.9 Å². The molecular weight excluding hydrogens is 567 g/mol. The number of benzene rings is 2. The van der Waals surface area contributed by atoms with E-state index in [9.17, 15) is 29.6 Å². The SMILES string of the molecule is C/C(=C\c1ccc(O[C@H]2C[C@H](O)[C@@H](/C(C)=N/OCc3ccccc3)O2)c(F)c1)C(=O)N[C@@H]1[C@H](O)[C@@H](O)[C@H]2OCO[C@H]2[C@@H]1O. The van der Waals surface area contributed by atoms with Gasteiger partial charge in [0.05, 0.1) is 17.9 Å². The van der Waals surface area contributed by atoms with Gasteiger partial charge < -0.3 is 49.5 Å². The second-order valence-corrected chi connectivity index (χ2v) is 10.8. The van der Waals surface area contributed by atoms with Gasteiger partial charge in [0.15, 0.2) is 11.6 Å². The van der Waals surface area contributed by atoms with Gasteiger partial charge in [-0.3, -0.25) is 4.79 Å². The van der Waals surface area contributed by atoms with E-state index in [4.69, 9.17) is 23.8 Å². The maximum atomic E-state index is 14.9. The second-order valence-electron chi connectivity index (χ2n) is 10.8. The number of carbonyl (C=O) groups is 1. The van der Waals surface area contributed by atoms with Gasteiger partial charge >= 0.3 is 0 Å². The second kappa shape index (κ2) is 13.5. The van der Waals surface area contributed by atoms with Gasteiger partial charge in [-0.2, -0.15) is 0 Å². The Balaban J connectivity index is 1.16. The smallest absolute Gasteiger partial charge is 0.247 e. The minimum absolute atomic E-state index is 0.0862. The Labute approximate surface area is 247 Å². The fraction of sp³-hybridized carbons (Fsp3) is 0.467. The summed E-state index contributed by atoms with van der Waals surface area (Å²) in [6, 6.07) is 12.3. The van der Waals surface area contributed by atoms with Crippen molar-refractivity contribution in [2.75, 3.05) is 6.79 Å². The van der Waals surface area contributed by atoms with Crippen molar-refractivity contribution in [1.29, 1.82) is 0 Å². The number of halogens is 1. The van der Waals surface area contributed by atoms with E-state index in [1.807, 2.05) is 30.3 Å². The van der Waals surface area contributed by atoms with Gasteiger partial charge in [-0.1, -0.05) is 41.6 Å². The average molecular weight is 603 g/mol. The number of fused-ring (bicyclic) bond motifs is 1. The van der Waals surface area contributed by atoms with Crippen molar-refractivity contribution in [3.05, 3.63) is 71.0 Å². The van der Waals surface area contributed by atoms with Crippen LogP contribution in [0.3, 0.4) is 0 Å². The lowest BCUT2D eigenvalue weighted by Gasteiger charge is -2.41. The Hall–Kier alpha value is -3.43. The number of rotatable bonds is 9. The quantitative estimate of drug-likeness (QED) is 0.159. The molecule has 43 heavy (non-hydrogen) atoms. The molecule has 0 radical (unpaired) electrons. The number of oxime groups is 1. The number of nitrogens with one attached hydrogen (secondary N) is 1. The van der Waals surface area contributed by atoms with Crippen LogP contribution in [0.4, 0.5) is 4.39 Å². The predicted octanol–water partition coefficient (Wildman–Crippen LogP) is 0.999. The molecule has 5 N–H and O–H groups in total. The monoisotopic (exact) mass is 602 g/mol. The summed E-state index contributed by atoms with van der Waals surface area (Å²) in [6.07, 6.45) is -7.12. The summed E-state index contributed by atoms with van der Waals surface area (Å²) in [6.45, 7) is 3.25. The fourth-order valence-corrected chi connectivity index (χ4v) is 5.30. The zero-order valence-electron chi connectivity index (χ0n) is 23.6. The van der Waals surface area contributed by atoms with Crippen LogP contribution in [0.2, 0.25) is 0 Å². The van der Waals surface area contributed by atoms with Crippen molar-refractivity contribution in [3.8, 4) is 5.75 Å². The first-order chi connectivity index (χ1) is 20.6. The molecule has 2 aromatic rings. The number of aliphatic hydroxyl groups is 4. The molecule has 1 amide bonds. The number of amides is 1. The van der Waals surface area contributed by atoms with E-state index in [0.717, 1.165) is 5.56 Å². The number of hydrogen-bond acceptors (Lipinski definition) is 11. The van der Waals surface area contributed by atoms with Gasteiger partial charge in [0.25, 0.3) is 0 Å². The lowest BCUT2D eigenvalue weighted by Crippen LogP contribution is -2.67. The lowest BCUT2D eigenvalue weighted by atomic mass is 9.83. The topological polar surface area (TPSA) is 169 Å². The normalized spacial score (nSPS) is 32.8. The Kier molecular flexibility index (Phi) is 9.72. The standard InChI is InChI=1S/C30H35FN2O10/c1-15(30(38)32-23-24(35)26(37)29-28(25(23)36)39-14-40-29)10-18-8-9-21(19(31)11-18)42-22-12-20(34)27(43-22)16(2)33-41-13-17-6-4-3-5-7-17/h3-11,20,22-29,34-37H,12-14H2,1-2H3,(H,32,38)/b15-10+,33-16+/t20-,22+,23+,24-,25+,26+,27+,28-,29+/m0/s1. The van der Waals surface area contributed by atoms with Crippen LogP contribution in [0.15, 0.2) is 59.3 Å². The Bertz CT molecular complexity index is 1340. The number of hydrogen-bond donors (Lipinski definition) is 5. The lowest BCUT2D eigenvalue weighted by molar-refractivity contribution is -0.155. The van der Waals surface area contributed by atoms with Crippen molar-refractivity contribution in [2.24, 2.45) is 5.16 Å². The van der Waals surface area contributed by atoms with E-state index >= 15 is 0 Å². The summed E-state index contributed by atoms with van der Waals surface area (Å²) in [5.74, 6) is -1.47. The minimum atomic E-state index is -1.49. The van der Waals surface area contributed by atoms with Crippen molar-refractivity contribution in [2.45, 2.75) is 81.9 Å². The molecule has 3 aliphatic rings. The van der Waals surface area contributed by atoms with E-state index in [-0.39, 0.29) is 31.1 Å². The maximum Gasteiger partial charge on any atom is 0.247 e. The van der Waals surface area contributed by atoms with Gasteiger partial charge in [0, 0.05) is 12.0 Å². The van der Waals surface area contributed by atoms with Crippen LogP contribution < -0.4 is 10.1 Å². The first-order valence-electron chi connectivity index (χ1n) is 13.9. The zero-order valence-corrected chi connectivity index (χ0v) is 23.6. The Morgan fingerprint density at radius 3 is 2.49 bits per heavy atom. The van der Waals surface area contributed by atoms with E-state index in [1.165, 1.54) is 31.2 Å². The zero-order chi connectivity index (χ0) is 30.7. The summed E-state index contributed by atoms with van der Waals surface area (Å²) in [4.78, 5) is 18.2. The third-order valence-corrected chi connectivity index (χ3v) is 7.63. The van der Waals surface area contributed by atoms with Crippen LogP contribution in [0.5, 0.6) is 5.75 Å². The van der Waals surface area contributed by atoms with Crippen LogP contribution in [0, 0.1) is 5.82 Å². The molecule has 3 fully saturated rings. The maximum absolute atomic E-state index is 14.9. The Morgan fingerprint density at radius 2 is 1.77 bits per heavy atom. The highest BCUT2D eigenvalue weighted by Gasteiger charge is 2.53. The number of nitrogens with zero attached hydrogens (tertiary/aromatic N) is 1. The molecule has 9 atom stereocenters. The molecule has 0 aromatic heterocycles. The van der Waals surface area contributed by atoms with Crippen LogP contribution in [0.25, 0.3) is 6.08 Å². The summed E-state index contributed by atoms with van der Waals surface area (Å²) in [7, 11) is 0. The minimum Gasteiger partial charge on any atom is -0.462 e. The third kappa shape index (κ3) is 7.04. The van der Waals surface area contributed by atoms with Crippen LogP contribution >= 0.6 is 0 Å². The van der Waals surface area contributed by atoms with Gasteiger partial charge in [0.2, 0.25) is 12.2 Å². The van der Waals surface area contributed by atoms with E-state index in [1.54, 1.807) is 6.92 Å². The first kappa shape index (κ1) is 31.0. The van der Waals surface area contributed by atoms with Crippen molar-refractivity contribution >= 4 is 17.7 Å². The molecule has 0 unspecified atom stereocenters. The highest BCUT2D eigenvalue weighted by Crippen LogP contribution is 2.31. The van der Waals surface area contributed by atoms with Crippen molar-refractivity contribution < 1.29 is 53.4 Å². The van der Waals surface area contributed by atoms with Crippen LogP contribution in [-0.2, 0) is 30.4 Å². The van der Waals surface area contributed by atoms with Gasteiger partial charge in [-0.05, 0) is 43.2 Å². The van der Waals surface area contributed by atoms with E-state index < -0.39 is 66.8 Å². The van der Waals surface area contributed by atoms with Crippen LogP contribution in [0.1, 0.15) is 31.4 Å². The fourth-order valence-electron chi connectivity index (χ4n) is 5.30. The summed E-state index contributed by atoms with van der Waals surface area (Å²) >= 11 is 0. The predicted molar refractivity (Wildman–Crippen MR) is 149 cm³/mol. The molecule has 1 aliphatic carbocycles. The Morgan fingerprint density at radius 1 is 1.05 bits per heavy atom. The molecular formula is C30H35FN2O10. The van der Waals surface area contributed by atoms with Crippen molar-refractivity contribution in [1.82, 2.24) is 5.32 Å². The molecule has 2 saturated heterocycles. The molecule has 232 valence electrons. The highest BCUT2D eigenvalue weighted by atomic mass is 19.1. The van der Waals surface area contributed by atoms with Gasteiger partial charge in [-0.15, -0.1) is 0 Å². The van der Waals surface area contributed by atoms with Gasteiger partial charge in [-0.25, -0.2) is 4.39 Å².